The van der Waals surface area contributed by atoms with Crippen LogP contribution in [0, 0.1) is 6.92 Å². The van der Waals surface area contributed by atoms with Crippen LogP contribution in [-0.2, 0) is 23.8 Å². The van der Waals surface area contributed by atoms with Crippen LogP contribution >= 0.6 is 0 Å². The zero-order chi connectivity index (χ0) is 18.2. The topological polar surface area (TPSA) is 69.7 Å². The molecule has 0 N–H and O–H groups in total. The van der Waals surface area contributed by atoms with E-state index in [9.17, 15) is 22.0 Å². The van der Waals surface area contributed by atoms with Crippen molar-refractivity contribution in [2.75, 3.05) is 13.2 Å². The number of esters is 1. The van der Waals surface area contributed by atoms with Gasteiger partial charge in [0.25, 0.3) is 10.1 Å². The number of hydrogen-bond donors (Lipinski definition) is 0. The van der Waals surface area contributed by atoms with Crippen molar-refractivity contribution in [3.8, 4) is 0 Å². The molecule has 134 valence electrons. The van der Waals surface area contributed by atoms with Crippen LogP contribution in [-0.4, -0.2) is 33.5 Å². The smallest absolute Gasteiger partial charge is 0.377 e. The monoisotopic (exact) mass is 362 g/mol. The van der Waals surface area contributed by atoms with Gasteiger partial charge in [-0.25, -0.2) is 4.79 Å². The van der Waals surface area contributed by atoms with E-state index in [0.29, 0.717) is 0 Å². The van der Waals surface area contributed by atoms with E-state index in [-0.39, 0.29) is 24.5 Å². The number of rotatable bonds is 9. The first-order chi connectivity index (χ1) is 11.2. The van der Waals surface area contributed by atoms with Gasteiger partial charge in [0.05, 0.1) is 18.1 Å². The molecule has 0 spiro atoms. The van der Waals surface area contributed by atoms with Crippen LogP contribution in [0.4, 0.5) is 8.78 Å². The molecule has 0 unspecified atom stereocenters. The van der Waals surface area contributed by atoms with Crippen molar-refractivity contribution in [3.05, 3.63) is 42.0 Å². The van der Waals surface area contributed by atoms with E-state index < -0.39 is 28.4 Å². The summed E-state index contributed by atoms with van der Waals surface area (Å²) in [5.41, 5.74) is 0.916. The number of carbonyl (C=O) groups excluding carboxylic acids is 1. The van der Waals surface area contributed by atoms with Gasteiger partial charge >= 0.3 is 11.9 Å². The van der Waals surface area contributed by atoms with Crippen molar-refractivity contribution in [2.24, 2.45) is 0 Å². The molecule has 8 heteroatoms. The van der Waals surface area contributed by atoms with Gasteiger partial charge in [-0.2, -0.15) is 17.2 Å². The highest BCUT2D eigenvalue weighted by atomic mass is 32.2. The zero-order valence-corrected chi connectivity index (χ0v) is 14.3. The minimum atomic E-state index is -3.87. The molecule has 0 radical (unpaired) electrons. The summed E-state index contributed by atoms with van der Waals surface area (Å²) in [7, 11) is -3.87. The maximum Gasteiger partial charge on any atom is 0.377 e. The molecule has 0 saturated heterocycles. The molecule has 0 aliphatic rings. The SMILES string of the molecule is CCOC(=O)C(F)(F)C/C=C/CCOS(=O)(=O)c1ccc(C)cc1. The van der Waals surface area contributed by atoms with E-state index in [4.69, 9.17) is 4.18 Å². The standard InChI is InChI=1S/C16H20F2O5S/c1-3-22-15(19)16(17,18)11-5-4-6-12-23-24(20,21)14-9-7-13(2)8-10-14/h4-5,7-10H,3,6,11-12H2,1-2H3/b5-4+. The quantitative estimate of drug-likeness (QED) is 0.292. The molecule has 1 rings (SSSR count). The second-order valence-electron chi connectivity index (χ2n) is 4.98. The molecule has 0 amide bonds. The van der Waals surface area contributed by atoms with Crippen LogP contribution in [0.2, 0.25) is 0 Å². The van der Waals surface area contributed by atoms with E-state index in [1.165, 1.54) is 25.1 Å². The Kier molecular flexibility index (Phi) is 7.50. The fourth-order valence-corrected chi connectivity index (χ4v) is 2.59. The van der Waals surface area contributed by atoms with E-state index in [1.54, 1.807) is 12.1 Å². The normalized spacial score (nSPS) is 12.5. The Morgan fingerprint density at radius 1 is 1.21 bits per heavy atom. The van der Waals surface area contributed by atoms with E-state index in [1.807, 2.05) is 6.92 Å². The van der Waals surface area contributed by atoms with Gasteiger partial charge in [0.1, 0.15) is 0 Å². The molecular formula is C16H20F2O5S. The van der Waals surface area contributed by atoms with Gasteiger partial charge < -0.3 is 4.74 Å². The third-order valence-electron chi connectivity index (χ3n) is 2.95. The third-order valence-corrected chi connectivity index (χ3v) is 4.27. The number of aryl methyl sites for hydroxylation is 1. The predicted octanol–water partition coefficient (Wildman–Crippen LogP) is 3.24. The summed E-state index contributed by atoms with van der Waals surface area (Å²) in [6.07, 6.45) is 1.73. The van der Waals surface area contributed by atoms with Gasteiger partial charge in [-0.3, -0.25) is 4.18 Å². The van der Waals surface area contributed by atoms with Crippen LogP contribution < -0.4 is 0 Å². The van der Waals surface area contributed by atoms with E-state index >= 15 is 0 Å². The van der Waals surface area contributed by atoms with Crippen molar-refractivity contribution >= 4 is 16.1 Å². The Hall–Kier alpha value is -1.80. The summed E-state index contributed by atoms with van der Waals surface area (Å²) < 4.78 is 59.4. The highest BCUT2D eigenvalue weighted by molar-refractivity contribution is 7.86. The van der Waals surface area contributed by atoms with Crippen LogP contribution in [0.5, 0.6) is 0 Å². The summed E-state index contributed by atoms with van der Waals surface area (Å²) in [4.78, 5) is 11.0. The second kappa shape index (κ2) is 8.89. The number of halogens is 2. The van der Waals surface area contributed by atoms with Gasteiger partial charge in [-0.1, -0.05) is 29.8 Å². The van der Waals surface area contributed by atoms with Crippen LogP contribution in [0.15, 0.2) is 41.3 Å². The number of hydrogen-bond acceptors (Lipinski definition) is 5. The van der Waals surface area contributed by atoms with Crippen molar-refractivity contribution in [3.63, 3.8) is 0 Å². The van der Waals surface area contributed by atoms with Gasteiger partial charge in [-0.15, -0.1) is 0 Å². The minimum absolute atomic E-state index is 0.0333. The number of carbonyl (C=O) groups is 1. The largest absolute Gasteiger partial charge is 0.462 e. The van der Waals surface area contributed by atoms with Crippen molar-refractivity contribution < 1.29 is 30.9 Å². The molecule has 0 aromatic heterocycles. The van der Waals surface area contributed by atoms with Crippen molar-refractivity contribution in [2.45, 2.75) is 37.5 Å². The lowest BCUT2D eigenvalue weighted by Gasteiger charge is -2.11. The number of ether oxygens (including phenoxy) is 1. The van der Waals surface area contributed by atoms with Gasteiger partial charge in [0.2, 0.25) is 0 Å². The summed E-state index contributed by atoms with van der Waals surface area (Å²) >= 11 is 0. The van der Waals surface area contributed by atoms with Crippen molar-refractivity contribution in [1.82, 2.24) is 0 Å². The van der Waals surface area contributed by atoms with Crippen LogP contribution in [0.25, 0.3) is 0 Å². The molecule has 24 heavy (non-hydrogen) atoms. The number of benzene rings is 1. The molecule has 1 aromatic rings. The Morgan fingerprint density at radius 3 is 2.42 bits per heavy atom. The summed E-state index contributed by atoms with van der Waals surface area (Å²) in [5.74, 6) is -5.17. The van der Waals surface area contributed by atoms with Crippen molar-refractivity contribution in [1.29, 1.82) is 0 Å². The summed E-state index contributed by atoms with van der Waals surface area (Å²) in [5, 5.41) is 0. The zero-order valence-electron chi connectivity index (χ0n) is 13.5. The number of allylic oxidation sites excluding steroid dienone is 1. The predicted molar refractivity (Wildman–Crippen MR) is 84.3 cm³/mol. The summed E-state index contributed by atoms with van der Waals surface area (Å²) in [6.45, 7) is 2.96. The molecule has 0 aliphatic carbocycles. The molecule has 0 atom stereocenters. The first kappa shape index (κ1) is 20.2. The van der Waals surface area contributed by atoms with Gasteiger partial charge in [-0.05, 0) is 32.4 Å². The molecule has 1 aromatic carbocycles. The third kappa shape index (κ3) is 6.37. The summed E-state index contributed by atoms with van der Waals surface area (Å²) in [6, 6.07) is 6.15. The maximum absolute atomic E-state index is 13.3. The minimum Gasteiger partial charge on any atom is -0.462 e. The highest BCUT2D eigenvalue weighted by Gasteiger charge is 2.38. The lowest BCUT2D eigenvalue weighted by Crippen LogP contribution is -2.30. The van der Waals surface area contributed by atoms with Crippen LogP contribution in [0.1, 0.15) is 25.3 Å². The first-order valence-electron chi connectivity index (χ1n) is 7.35. The van der Waals surface area contributed by atoms with Crippen LogP contribution in [0.3, 0.4) is 0 Å². The van der Waals surface area contributed by atoms with Gasteiger partial charge in [0.15, 0.2) is 0 Å². The second-order valence-corrected chi connectivity index (χ2v) is 6.59. The fraction of sp³-hybridized carbons (Fsp3) is 0.438. The lowest BCUT2D eigenvalue weighted by atomic mass is 10.2. The molecule has 0 fully saturated rings. The lowest BCUT2D eigenvalue weighted by molar-refractivity contribution is -0.170. The Bertz CT molecular complexity index is 666. The Morgan fingerprint density at radius 2 is 1.83 bits per heavy atom. The molecule has 0 heterocycles. The average molecular weight is 362 g/mol. The fourth-order valence-electron chi connectivity index (χ4n) is 1.67. The Balaban J connectivity index is 2.42. The molecule has 0 bridgehead atoms. The van der Waals surface area contributed by atoms with E-state index in [2.05, 4.69) is 4.74 Å². The maximum atomic E-state index is 13.3. The molecule has 0 saturated carbocycles. The van der Waals surface area contributed by atoms with E-state index in [0.717, 1.165) is 11.6 Å². The molecule has 5 nitrogen and oxygen atoms in total. The first-order valence-corrected chi connectivity index (χ1v) is 8.76. The Labute approximate surface area is 140 Å². The average Bonchev–Trinajstić information content (AvgIpc) is 2.51. The van der Waals surface area contributed by atoms with Gasteiger partial charge in [0, 0.05) is 6.42 Å². The molecule has 0 aliphatic heterocycles. The molecular weight excluding hydrogens is 342 g/mol. The number of alkyl halides is 2. The highest BCUT2D eigenvalue weighted by Crippen LogP contribution is 2.21.